The van der Waals surface area contributed by atoms with Crippen LogP contribution in [0.5, 0.6) is 0 Å². The molecule has 0 aliphatic carbocycles. The molecule has 0 aromatic carbocycles. The molecule has 0 saturated carbocycles. The van der Waals surface area contributed by atoms with Crippen molar-refractivity contribution in [3.8, 4) is 0 Å². The highest BCUT2D eigenvalue weighted by atomic mass is 35.5. The number of hydrogen-bond donors (Lipinski definition) is 1. The third-order valence-electron chi connectivity index (χ3n) is 2.36. The first-order chi connectivity index (χ1) is 8.67. The molecule has 0 bridgehead atoms. The zero-order chi connectivity index (χ0) is 14.8. The van der Waals surface area contributed by atoms with Crippen LogP contribution in [0.2, 0.25) is 10.2 Å². The maximum Gasteiger partial charge on any atom is 0.406 e. The van der Waals surface area contributed by atoms with E-state index in [0.717, 1.165) is 0 Å². The zero-order valence-electron chi connectivity index (χ0n) is 9.84. The van der Waals surface area contributed by atoms with Crippen LogP contribution in [0, 0.1) is 0 Å². The van der Waals surface area contributed by atoms with Crippen LogP contribution in [0.1, 0.15) is 10.5 Å². The normalized spacial score (nSPS) is 11.7. The van der Waals surface area contributed by atoms with Gasteiger partial charge in [0, 0.05) is 13.6 Å². The van der Waals surface area contributed by atoms with Crippen molar-refractivity contribution in [2.75, 3.05) is 19.7 Å². The van der Waals surface area contributed by atoms with Gasteiger partial charge in [-0.1, -0.05) is 23.2 Å². The summed E-state index contributed by atoms with van der Waals surface area (Å²) >= 11 is 11.4. The Labute approximate surface area is 117 Å². The van der Waals surface area contributed by atoms with Crippen LogP contribution in [-0.2, 0) is 7.05 Å². The molecule has 4 nitrogen and oxygen atoms in total. The third-order valence-corrected chi connectivity index (χ3v) is 3.20. The average molecular weight is 319 g/mol. The van der Waals surface area contributed by atoms with Crippen molar-refractivity contribution in [3.05, 3.63) is 21.9 Å². The fraction of sp³-hybridized carbons (Fsp3) is 0.500. The molecule has 1 heterocycles. The molecule has 1 amide bonds. The Morgan fingerprint density at radius 3 is 2.42 bits per heavy atom. The Morgan fingerprint density at radius 1 is 1.47 bits per heavy atom. The highest BCUT2D eigenvalue weighted by Crippen LogP contribution is 2.26. The molecule has 0 saturated heterocycles. The van der Waals surface area contributed by atoms with E-state index in [0.29, 0.717) is 4.90 Å². The zero-order valence-corrected chi connectivity index (χ0v) is 11.4. The second kappa shape index (κ2) is 6.02. The number of alkyl halides is 3. The number of carbonyl (C=O) groups excluding carboxylic acids is 1. The number of aromatic nitrogens is 1. The molecule has 0 aliphatic rings. The number of nitrogens with zero attached hydrogens (tertiary/aromatic N) is 2. The fourth-order valence-corrected chi connectivity index (χ4v) is 1.87. The van der Waals surface area contributed by atoms with E-state index < -0.39 is 31.8 Å². The van der Waals surface area contributed by atoms with Gasteiger partial charge in [0.25, 0.3) is 5.91 Å². The van der Waals surface area contributed by atoms with Gasteiger partial charge in [0.05, 0.1) is 11.6 Å². The maximum atomic E-state index is 12.4. The smallest absolute Gasteiger partial charge is 0.395 e. The molecule has 9 heteroatoms. The van der Waals surface area contributed by atoms with E-state index in [2.05, 4.69) is 0 Å². The molecule has 1 aromatic rings. The van der Waals surface area contributed by atoms with E-state index in [-0.39, 0.29) is 15.9 Å². The number of amides is 1. The lowest BCUT2D eigenvalue weighted by molar-refractivity contribution is -0.141. The Bertz CT molecular complexity index is 474. The van der Waals surface area contributed by atoms with Crippen molar-refractivity contribution in [2.24, 2.45) is 7.05 Å². The predicted molar refractivity (Wildman–Crippen MR) is 64.5 cm³/mol. The second-order valence-corrected chi connectivity index (χ2v) is 4.56. The van der Waals surface area contributed by atoms with Crippen molar-refractivity contribution in [1.29, 1.82) is 0 Å². The number of aliphatic hydroxyl groups excluding tert-OH is 1. The van der Waals surface area contributed by atoms with Crippen LogP contribution >= 0.6 is 23.2 Å². The maximum absolute atomic E-state index is 12.4. The van der Waals surface area contributed by atoms with E-state index in [1.165, 1.54) is 17.7 Å². The van der Waals surface area contributed by atoms with Gasteiger partial charge in [0.1, 0.15) is 17.4 Å². The monoisotopic (exact) mass is 318 g/mol. The van der Waals surface area contributed by atoms with E-state index in [4.69, 9.17) is 28.3 Å². The highest BCUT2D eigenvalue weighted by Gasteiger charge is 2.34. The lowest BCUT2D eigenvalue weighted by atomic mass is 10.3. The Kier molecular flexibility index (Phi) is 5.11. The minimum atomic E-state index is -4.55. The van der Waals surface area contributed by atoms with Crippen LogP contribution in [0.25, 0.3) is 0 Å². The van der Waals surface area contributed by atoms with Gasteiger partial charge in [-0.15, -0.1) is 0 Å². The summed E-state index contributed by atoms with van der Waals surface area (Å²) in [7, 11) is 1.41. The fourth-order valence-electron chi connectivity index (χ4n) is 1.50. The Hall–Kier alpha value is -0.920. The molecule has 0 spiro atoms. The molecule has 1 aromatic heterocycles. The summed E-state index contributed by atoms with van der Waals surface area (Å²) in [5, 5.41) is 8.87. The van der Waals surface area contributed by atoms with Crippen molar-refractivity contribution >= 4 is 29.1 Å². The summed E-state index contributed by atoms with van der Waals surface area (Å²) in [5.74, 6) is -0.900. The molecule has 0 aliphatic heterocycles. The first-order valence-corrected chi connectivity index (χ1v) is 5.90. The lowest BCUT2D eigenvalue weighted by Gasteiger charge is -2.23. The minimum Gasteiger partial charge on any atom is -0.395 e. The SMILES string of the molecule is Cn1c(C(=O)N(CCO)CC(F)(F)F)cc(Cl)c1Cl. The van der Waals surface area contributed by atoms with Gasteiger partial charge < -0.3 is 14.6 Å². The van der Waals surface area contributed by atoms with Gasteiger partial charge in [0.2, 0.25) is 0 Å². The molecule has 0 atom stereocenters. The third kappa shape index (κ3) is 4.02. The number of aliphatic hydroxyl groups is 1. The molecule has 1 N–H and O–H groups in total. The average Bonchev–Trinajstić information content (AvgIpc) is 2.54. The van der Waals surface area contributed by atoms with Gasteiger partial charge in [-0.2, -0.15) is 13.2 Å². The number of carbonyl (C=O) groups is 1. The van der Waals surface area contributed by atoms with Crippen molar-refractivity contribution in [3.63, 3.8) is 0 Å². The van der Waals surface area contributed by atoms with Gasteiger partial charge in [0.15, 0.2) is 0 Å². The van der Waals surface area contributed by atoms with Crippen molar-refractivity contribution < 1.29 is 23.1 Å². The molecule has 1 rings (SSSR count). The van der Waals surface area contributed by atoms with E-state index in [1.807, 2.05) is 0 Å². The Morgan fingerprint density at radius 2 is 2.05 bits per heavy atom. The summed E-state index contributed by atoms with van der Waals surface area (Å²) in [4.78, 5) is 12.5. The molecule has 0 radical (unpaired) electrons. The highest BCUT2D eigenvalue weighted by molar-refractivity contribution is 6.41. The van der Waals surface area contributed by atoms with Crippen LogP contribution in [0.15, 0.2) is 6.07 Å². The van der Waals surface area contributed by atoms with Gasteiger partial charge >= 0.3 is 6.18 Å². The number of rotatable bonds is 4. The Balaban J connectivity index is 3.02. The van der Waals surface area contributed by atoms with Crippen LogP contribution in [0.4, 0.5) is 13.2 Å². The summed E-state index contributed by atoms with van der Waals surface area (Å²) in [6, 6.07) is 1.19. The summed E-state index contributed by atoms with van der Waals surface area (Å²) in [6.07, 6.45) is -4.55. The van der Waals surface area contributed by atoms with Crippen molar-refractivity contribution in [2.45, 2.75) is 6.18 Å². The summed E-state index contributed by atoms with van der Waals surface area (Å²) in [6.45, 7) is -2.46. The van der Waals surface area contributed by atoms with E-state index in [1.54, 1.807) is 0 Å². The van der Waals surface area contributed by atoms with Gasteiger partial charge in [-0.05, 0) is 6.07 Å². The molecular formula is C10H11Cl2F3N2O2. The van der Waals surface area contributed by atoms with Gasteiger partial charge in [-0.3, -0.25) is 4.79 Å². The molecule has 0 unspecified atom stereocenters. The molecule has 0 fully saturated rings. The van der Waals surface area contributed by atoms with Crippen LogP contribution in [0.3, 0.4) is 0 Å². The van der Waals surface area contributed by atoms with Crippen molar-refractivity contribution in [1.82, 2.24) is 9.47 Å². The standard InChI is InChI=1S/C10H11Cl2F3N2O2/c1-16-7(4-6(11)8(16)12)9(19)17(2-3-18)5-10(13,14)15/h4,18H,2-3,5H2,1H3. The predicted octanol–water partition coefficient (Wildman–Crippen LogP) is 2.33. The molecule has 108 valence electrons. The first-order valence-electron chi connectivity index (χ1n) is 5.15. The van der Waals surface area contributed by atoms with E-state index >= 15 is 0 Å². The number of hydrogen-bond acceptors (Lipinski definition) is 2. The number of halogens is 5. The molecule has 19 heavy (non-hydrogen) atoms. The quantitative estimate of drug-likeness (QED) is 0.926. The summed E-state index contributed by atoms with van der Waals surface area (Å²) < 4.78 is 38.3. The topological polar surface area (TPSA) is 45.5 Å². The second-order valence-electron chi connectivity index (χ2n) is 3.79. The van der Waals surface area contributed by atoms with Crippen LogP contribution in [-0.4, -0.2) is 46.4 Å². The van der Waals surface area contributed by atoms with Crippen LogP contribution < -0.4 is 0 Å². The van der Waals surface area contributed by atoms with Gasteiger partial charge in [-0.25, -0.2) is 0 Å². The largest absolute Gasteiger partial charge is 0.406 e. The summed E-state index contributed by atoms with van der Waals surface area (Å²) in [5.41, 5.74) is -0.0762. The van der Waals surface area contributed by atoms with E-state index in [9.17, 15) is 18.0 Å². The lowest BCUT2D eigenvalue weighted by Crippen LogP contribution is -2.41. The first kappa shape index (κ1) is 16.1. The minimum absolute atomic E-state index is 0.0565. The molecular weight excluding hydrogens is 308 g/mol.